The number of nitrogens with one attached hydrogen (secondary N) is 3. The Labute approximate surface area is 128 Å². The Morgan fingerprint density at radius 2 is 1.75 bits per heavy atom. The Hall–Kier alpha value is -0.810. The lowest BCUT2D eigenvalue weighted by Crippen LogP contribution is -2.42. The van der Waals surface area contributed by atoms with E-state index in [1.807, 2.05) is 20.8 Å². The number of halogens is 1. The van der Waals surface area contributed by atoms with Crippen LogP contribution in [-0.2, 0) is 9.59 Å². The van der Waals surface area contributed by atoms with Crippen LogP contribution in [0, 0.1) is 5.92 Å². The topological polar surface area (TPSA) is 70.2 Å². The van der Waals surface area contributed by atoms with Gasteiger partial charge in [0.2, 0.25) is 11.8 Å². The second-order valence-corrected chi connectivity index (χ2v) is 6.30. The first-order valence-corrected chi connectivity index (χ1v) is 7.15. The van der Waals surface area contributed by atoms with Gasteiger partial charge in [-0.05, 0) is 52.6 Å². The van der Waals surface area contributed by atoms with E-state index in [2.05, 4.69) is 16.0 Å². The Morgan fingerprint density at radius 1 is 1.15 bits per heavy atom. The maximum absolute atomic E-state index is 11.7. The van der Waals surface area contributed by atoms with Crippen LogP contribution < -0.4 is 16.0 Å². The Balaban J connectivity index is 0.00000361. The van der Waals surface area contributed by atoms with Gasteiger partial charge in [0.25, 0.3) is 0 Å². The predicted octanol–water partition coefficient (Wildman–Crippen LogP) is 1.22. The minimum atomic E-state index is -0.212. The van der Waals surface area contributed by atoms with Crippen molar-refractivity contribution < 1.29 is 9.59 Å². The molecule has 0 aliphatic carbocycles. The standard InChI is InChI=1S/C14H27N3O2.ClH/c1-14(2,3)17-12(18)6-9-16-13(19)10-11-4-7-15-8-5-11;/h11,15H,4-10H2,1-3H3,(H,16,19)(H,17,18);1H. The number of amides is 2. The van der Waals surface area contributed by atoms with Crippen molar-refractivity contribution in [2.75, 3.05) is 19.6 Å². The van der Waals surface area contributed by atoms with Crippen LogP contribution in [-0.4, -0.2) is 37.0 Å². The van der Waals surface area contributed by atoms with Crippen LogP contribution in [0.1, 0.15) is 46.5 Å². The number of carbonyl (C=O) groups is 2. The normalized spacial score (nSPS) is 16.1. The quantitative estimate of drug-likeness (QED) is 0.715. The van der Waals surface area contributed by atoms with Crippen LogP contribution in [0.4, 0.5) is 0 Å². The molecule has 0 aromatic rings. The molecule has 6 heteroatoms. The molecule has 0 bridgehead atoms. The van der Waals surface area contributed by atoms with Gasteiger partial charge in [0.1, 0.15) is 0 Å². The molecule has 0 atom stereocenters. The van der Waals surface area contributed by atoms with Gasteiger partial charge in [-0.25, -0.2) is 0 Å². The second-order valence-electron chi connectivity index (χ2n) is 6.30. The first-order valence-electron chi connectivity index (χ1n) is 7.15. The molecule has 20 heavy (non-hydrogen) atoms. The molecule has 0 radical (unpaired) electrons. The van der Waals surface area contributed by atoms with Crippen LogP contribution in [0.25, 0.3) is 0 Å². The lowest BCUT2D eigenvalue weighted by Gasteiger charge is -2.22. The predicted molar refractivity (Wildman–Crippen MR) is 83.0 cm³/mol. The van der Waals surface area contributed by atoms with E-state index in [-0.39, 0.29) is 29.8 Å². The van der Waals surface area contributed by atoms with E-state index in [0.29, 0.717) is 25.3 Å². The van der Waals surface area contributed by atoms with Gasteiger partial charge >= 0.3 is 0 Å². The molecule has 1 saturated heterocycles. The molecule has 1 rings (SSSR count). The zero-order valence-corrected chi connectivity index (χ0v) is 13.6. The van der Waals surface area contributed by atoms with E-state index in [1.54, 1.807) is 0 Å². The average molecular weight is 306 g/mol. The Morgan fingerprint density at radius 3 is 2.30 bits per heavy atom. The zero-order valence-electron chi connectivity index (χ0n) is 12.8. The molecule has 0 aromatic carbocycles. The molecular weight excluding hydrogens is 278 g/mol. The van der Waals surface area contributed by atoms with Crippen molar-refractivity contribution in [3.8, 4) is 0 Å². The summed E-state index contributed by atoms with van der Waals surface area (Å²) >= 11 is 0. The van der Waals surface area contributed by atoms with E-state index in [9.17, 15) is 9.59 Å². The van der Waals surface area contributed by atoms with E-state index >= 15 is 0 Å². The van der Waals surface area contributed by atoms with E-state index < -0.39 is 0 Å². The first-order chi connectivity index (χ1) is 8.87. The summed E-state index contributed by atoms with van der Waals surface area (Å²) < 4.78 is 0. The van der Waals surface area contributed by atoms with Crippen molar-refractivity contribution in [3.63, 3.8) is 0 Å². The third kappa shape index (κ3) is 9.15. The van der Waals surface area contributed by atoms with Gasteiger partial charge in [0.15, 0.2) is 0 Å². The highest BCUT2D eigenvalue weighted by Gasteiger charge is 2.17. The molecular formula is C14H28ClN3O2. The second kappa shape index (κ2) is 9.19. The summed E-state index contributed by atoms with van der Waals surface area (Å²) in [7, 11) is 0. The van der Waals surface area contributed by atoms with Crippen LogP contribution in [0.3, 0.4) is 0 Å². The Bertz CT molecular complexity index is 310. The first kappa shape index (κ1) is 19.2. The van der Waals surface area contributed by atoms with E-state index in [4.69, 9.17) is 0 Å². The van der Waals surface area contributed by atoms with Gasteiger partial charge in [-0.1, -0.05) is 0 Å². The van der Waals surface area contributed by atoms with Gasteiger partial charge in [-0.15, -0.1) is 12.4 Å². The van der Waals surface area contributed by atoms with Crippen molar-refractivity contribution in [1.29, 1.82) is 0 Å². The van der Waals surface area contributed by atoms with Gasteiger partial charge in [0.05, 0.1) is 0 Å². The van der Waals surface area contributed by atoms with Crippen LogP contribution in [0.15, 0.2) is 0 Å². The number of piperidine rings is 1. The number of carbonyl (C=O) groups excluding carboxylic acids is 2. The van der Waals surface area contributed by atoms with Crippen molar-refractivity contribution in [3.05, 3.63) is 0 Å². The summed E-state index contributed by atoms with van der Waals surface area (Å²) in [4.78, 5) is 23.3. The fourth-order valence-electron chi connectivity index (χ4n) is 2.22. The average Bonchev–Trinajstić information content (AvgIpc) is 2.27. The smallest absolute Gasteiger partial charge is 0.222 e. The Kier molecular flexibility index (Phi) is 8.81. The van der Waals surface area contributed by atoms with Crippen LogP contribution in [0.5, 0.6) is 0 Å². The van der Waals surface area contributed by atoms with Gasteiger partial charge in [0, 0.05) is 24.9 Å². The summed E-state index contributed by atoms with van der Waals surface area (Å²) in [6.45, 7) is 8.27. The third-order valence-corrected chi connectivity index (χ3v) is 3.12. The minimum Gasteiger partial charge on any atom is -0.356 e. The fourth-order valence-corrected chi connectivity index (χ4v) is 2.22. The van der Waals surface area contributed by atoms with Gasteiger partial charge in [-0.2, -0.15) is 0 Å². The largest absolute Gasteiger partial charge is 0.356 e. The van der Waals surface area contributed by atoms with Crippen LogP contribution >= 0.6 is 12.4 Å². The molecule has 1 fully saturated rings. The molecule has 3 N–H and O–H groups in total. The number of hydrogen-bond donors (Lipinski definition) is 3. The molecule has 5 nitrogen and oxygen atoms in total. The third-order valence-electron chi connectivity index (χ3n) is 3.12. The fraction of sp³-hybridized carbons (Fsp3) is 0.857. The minimum absolute atomic E-state index is 0. The molecule has 1 aliphatic rings. The molecule has 0 spiro atoms. The molecule has 1 heterocycles. The summed E-state index contributed by atoms with van der Waals surface area (Å²) in [6, 6.07) is 0. The van der Waals surface area contributed by atoms with Crippen molar-refractivity contribution >= 4 is 24.2 Å². The summed E-state index contributed by atoms with van der Waals surface area (Å²) in [5.41, 5.74) is -0.212. The molecule has 0 unspecified atom stereocenters. The molecule has 0 aromatic heterocycles. The van der Waals surface area contributed by atoms with Gasteiger partial charge < -0.3 is 16.0 Å². The monoisotopic (exact) mass is 305 g/mol. The maximum atomic E-state index is 11.7. The maximum Gasteiger partial charge on any atom is 0.222 e. The lowest BCUT2D eigenvalue weighted by molar-refractivity contribution is -0.123. The summed E-state index contributed by atoms with van der Waals surface area (Å²) in [5, 5.41) is 8.99. The zero-order chi connectivity index (χ0) is 14.3. The van der Waals surface area contributed by atoms with Crippen molar-refractivity contribution in [2.45, 2.75) is 52.0 Å². The highest BCUT2D eigenvalue weighted by atomic mass is 35.5. The molecule has 1 aliphatic heterocycles. The molecule has 118 valence electrons. The van der Waals surface area contributed by atoms with Crippen LogP contribution in [0.2, 0.25) is 0 Å². The molecule has 0 saturated carbocycles. The number of hydrogen-bond acceptors (Lipinski definition) is 3. The lowest BCUT2D eigenvalue weighted by atomic mass is 9.94. The van der Waals surface area contributed by atoms with Crippen molar-refractivity contribution in [1.82, 2.24) is 16.0 Å². The summed E-state index contributed by atoms with van der Waals surface area (Å²) in [6.07, 6.45) is 3.06. The van der Waals surface area contributed by atoms with Crippen molar-refractivity contribution in [2.24, 2.45) is 5.92 Å². The highest BCUT2D eigenvalue weighted by Crippen LogP contribution is 2.15. The SMILES string of the molecule is CC(C)(C)NC(=O)CCNC(=O)CC1CCNCC1.Cl. The van der Waals surface area contributed by atoms with E-state index in [1.165, 1.54) is 0 Å². The number of rotatable bonds is 5. The summed E-state index contributed by atoms with van der Waals surface area (Å²) in [5.74, 6) is 0.537. The highest BCUT2D eigenvalue weighted by molar-refractivity contribution is 5.85. The van der Waals surface area contributed by atoms with E-state index in [0.717, 1.165) is 25.9 Å². The molecule has 2 amide bonds. The van der Waals surface area contributed by atoms with Gasteiger partial charge in [-0.3, -0.25) is 9.59 Å².